The molecule has 3 nitrogen and oxygen atoms in total. The molecule has 0 N–H and O–H groups in total. The predicted octanol–water partition coefficient (Wildman–Crippen LogP) is 8.68. The highest BCUT2D eigenvalue weighted by molar-refractivity contribution is 5.73. The lowest BCUT2D eigenvalue weighted by molar-refractivity contribution is -0.144. The van der Waals surface area contributed by atoms with E-state index in [0.29, 0.717) is 12.5 Å². The van der Waals surface area contributed by atoms with E-state index < -0.39 is 0 Å². The van der Waals surface area contributed by atoms with Gasteiger partial charge in [0.05, 0.1) is 20.1 Å². The van der Waals surface area contributed by atoms with Crippen LogP contribution in [0.15, 0.2) is 24.3 Å². The van der Waals surface area contributed by atoms with Crippen molar-refractivity contribution in [2.45, 2.75) is 123 Å². The zero-order valence-corrected chi connectivity index (χ0v) is 21.3. The molecule has 1 aromatic carbocycles. The lowest BCUT2D eigenvalue weighted by atomic mass is 9.94. The molecule has 184 valence electrons. The van der Waals surface area contributed by atoms with Gasteiger partial charge in [-0.2, -0.15) is 0 Å². The minimum atomic E-state index is -0.140. The predicted molar refractivity (Wildman–Crippen MR) is 136 cm³/mol. The van der Waals surface area contributed by atoms with E-state index in [-0.39, 0.29) is 12.4 Å². The number of unbranched alkanes of at least 4 members (excludes halogenated alkanes) is 12. The highest BCUT2D eigenvalue weighted by Crippen LogP contribution is 2.21. The maximum atomic E-state index is 12.5. The number of hydrogen-bond donors (Lipinski definition) is 0. The smallest absolute Gasteiger partial charge is 0.310 e. The Kier molecular flexibility index (Phi) is 17.9. The lowest BCUT2D eigenvalue weighted by Crippen LogP contribution is -2.16. The van der Waals surface area contributed by atoms with Gasteiger partial charge in [0.2, 0.25) is 0 Å². The lowest BCUT2D eigenvalue weighted by Gasteiger charge is -2.17. The molecule has 32 heavy (non-hydrogen) atoms. The van der Waals surface area contributed by atoms with Crippen LogP contribution in [0.1, 0.15) is 122 Å². The van der Waals surface area contributed by atoms with Crippen molar-refractivity contribution in [3.8, 4) is 5.75 Å². The number of carbonyl (C=O) groups is 1. The quantitative estimate of drug-likeness (QED) is 0.140. The van der Waals surface area contributed by atoms with E-state index in [1.807, 2.05) is 24.3 Å². The van der Waals surface area contributed by atoms with Crippen molar-refractivity contribution in [3.05, 3.63) is 29.8 Å². The van der Waals surface area contributed by atoms with E-state index in [1.54, 1.807) is 7.11 Å². The van der Waals surface area contributed by atoms with E-state index in [1.165, 1.54) is 103 Å². The van der Waals surface area contributed by atoms with Crippen molar-refractivity contribution in [2.75, 3.05) is 13.7 Å². The van der Waals surface area contributed by atoms with Crippen molar-refractivity contribution < 1.29 is 14.3 Å². The van der Waals surface area contributed by atoms with Gasteiger partial charge in [-0.3, -0.25) is 4.79 Å². The van der Waals surface area contributed by atoms with E-state index in [0.717, 1.165) is 11.3 Å². The van der Waals surface area contributed by atoms with Gasteiger partial charge in [0.1, 0.15) is 5.75 Å². The summed E-state index contributed by atoms with van der Waals surface area (Å²) < 4.78 is 11.1. The Morgan fingerprint density at radius 1 is 0.750 bits per heavy atom. The van der Waals surface area contributed by atoms with Crippen LogP contribution in [0, 0.1) is 5.92 Å². The summed E-state index contributed by atoms with van der Waals surface area (Å²) in [5, 5.41) is 0. The second-order valence-corrected chi connectivity index (χ2v) is 9.36. The summed E-state index contributed by atoms with van der Waals surface area (Å²) in [6.45, 7) is 5.10. The Balaban J connectivity index is 2.35. The molecule has 0 aliphatic carbocycles. The SMILES string of the molecule is CCCCCCCCCCC(CCCCCCCC)COC(=O)Cc1ccccc1OC. The monoisotopic (exact) mass is 446 g/mol. The van der Waals surface area contributed by atoms with Gasteiger partial charge in [0.25, 0.3) is 0 Å². The Hall–Kier alpha value is -1.51. The van der Waals surface area contributed by atoms with Gasteiger partial charge in [-0.15, -0.1) is 0 Å². The van der Waals surface area contributed by atoms with Crippen molar-refractivity contribution in [1.29, 1.82) is 0 Å². The van der Waals surface area contributed by atoms with E-state index >= 15 is 0 Å². The Morgan fingerprint density at radius 2 is 1.25 bits per heavy atom. The Morgan fingerprint density at radius 3 is 1.78 bits per heavy atom. The van der Waals surface area contributed by atoms with Crippen molar-refractivity contribution in [1.82, 2.24) is 0 Å². The zero-order valence-electron chi connectivity index (χ0n) is 21.3. The Bertz CT molecular complexity index is 569. The summed E-state index contributed by atoms with van der Waals surface area (Å²) in [6, 6.07) is 7.70. The van der Waals surface area contributed by atoms with Crippen molar-refractivity contribution in [3.63, 3.8) is 0 Å². The van der Waals surface area contributed by atoms with Gasteiger partial charge >= 0.3 is 5.97 Å². The van der Waals surface area contributed by atoms with Gasteiger partial charge in [-0.05, 0) is 24.8 Å². The number of hydrogen-bond acceptors (Lipinski definition) is 3. The molecule has 0 bridgehead atoms. The van der Waals surface area contributed by atoms with Crippen LogP contribution in [0.25, 0.3) is 0 Å². The van der Waals surface area contributed by atoms with Crippen LogP contribution in [0.2, 0.25) is 0 Å². The second kappa shape index (κ2) is 20.1. The van der Waals surface area contributed by atoms with E-state index in [9.17, 15) is 4.79 Å². The molecule has 3 heteroatoms. The number of methoxy groups -OCH3 is 1. The molecule has 0 amide bonds. The number of carbonyl (C=O) groups excluding carboxylic acids is 1. The number of esters is 1. The van der Waals surface area contributed by atoms with Crippen LogP contribution in [0.5, 0.6) is 5.75 Å². The number of ether oxygens (including phenoxy) is 2. The topological polar surface area (TPSA) is 35.5 Å². The molecular weight excluding hydrogens is 396 g/mol. The molecule has 1 aromatic rings. The summed E-state index contributed by atoms with van der Waals surface area (Å²) in [4.78, 5) is 12.5. The maximum absolute atomic E-state index is 12.5. The maximum Gasteiger partial charge on any atom is 0.310 e. The number of rotatable bonds is 21. The number of para-hydroxylation sites is 1. The molecule has 0 saturated carbocycles. The Labute approximate surface area is 198 Å². The largest absolute Gasteiger partial charge is 0.496 e. The zero-order chi connectivity index (χ0) is 23.3. The third kappa shape index (κ3) is 14.5. The molecule has 0 aromatic heterocycles. The molecule has 0 radical (unpaired) electrons. The molecule has 1 rings (SSSR count). The van der Waals surface area contributed by atoms with Crippen LogP contribution < -0.4 is 4.74 Å². The molecule has 0 fully saturated rings. The van der Waals surface area contributed by atoms with Crippen LogP contribution in [0.3, 0.4) is 0 Å². The normalized spacial score (nSPS) is 12.0. The first kappa shape index (κ1) is 28.5. The fourth-order valence-corrected chi connectivity index (χ4v) is 4.36. The second-order valence-electron chi connectivity index (χ2n) is 9.36. The molecule has 1 atom stereocenters. The van der Waals surface area contributed by atoms with Crippen molar-refractivity contribution in [2.24, 2.45) is 5.92 Å². The summed E-state index contributed by atoms with van der Waals surface area (Å²) in [5.41, 5.74) is 0.899. The fraction of sp³-hybridized carbons (Fsp3) is 0.759. The van der Waals surface area contributed by atoms with Gasteiger partial charge in [-0.25, -0.2) is 0 Å². The van der Waals surface area contributed by atoms with E-state index in [4.69, 9.17) is 9.47 Å². The third-order valence-electron chi connectivity index (χ3n) is 6.44. The van der Waals surface area contributed by atoms with Crippen LogP contribution in [0.4, 0.5) is 0 Å². The van der Waals surface area contributed by atoms with Gasteiger partial charge in [0, 0.05) is 5.56 Å². The molecular formula is C29H50O3. The molecule has 0 saturated heterocycles. The highest BCUT2D eigenvalue weighted by Gasteiger charge is 2.14. The first-order valence-electron chi connectivity index (χ1n) is 13.5. The van der Waals surface area contributed by atoms with Crippen LogP contribution >= 0.6 is 0 Å². The minimum absolute atomic E-state index is 0.140. The summed E-state index contributed by atoms with van der Waals surface area (Å²) in [6.07, 6.45) is 21.3. The minimum Gasteiger partial charge on any atom is -0.496 e. The molecule has 0 spiro atoms. The van der Waals surface area contributed by atoms with E-state index in [2.05, 4.69) is 13.8 Å². The molecule has 0 heterocycles. The first-order chi connectivity index (χ1) is 15.7. The van der Waals surface area contributed by atoms with Gasteiger partial charge in [0.15, 0.2) is 0 Å². The average molecular weight is 447 g/mol. The number of benzene rings is 1. The van der Waals surface area contributed by atoms with Crippen molar-refractivity contribution >= 4 is 5.97 Å². The van der Waals surface area contributed by atoms with Crippen LogP contribution in [-0.4, -0.2) is 19.7 Å². The van der Waals surface area contributed by atoms with Gasteiger partial charge < -0.3 is 9.47 Å². The molecule has 1 unspecified atom stereocenters. The summed E-state index contributed by atoms with van der Waals surface area (Å²) in [7, 11) is 1.64. The standard InChI is InChI=1S/C29H50O3/c1-4-6-8-10-12-13-15-17-21-26(20-16-14-11-9-7-5-2)25-32-29(30)24-27-22-18-19-23-28(27)31-3/h18-19,22-23,26H,4-17,20-21,24-25H2,1-3H3. The highest BCUT2D eigenvalue weighted by atomic mass is 16.5. The third-order valence-corrected chi connectivity index (χ3v) is 6.44. The molecule has 0 aliphatic heterocycles. The summed E-state index contributed by atoms with van der Waals surface area (Å²) >= 11 is 0. The summed E-state index contributed by atoms with van der Waals surface area (Å²) in [5.74, 6) is 1.12. The van der Waals surface area contributed by atoms with Gasteiger partial charge in [-0.1, -0.05) is 122 Å². The average Bonchev–Trinajstić information content (AvgIpc) is 2.81. The van der Waals surface area contributed by atoms with Crippen LogP contribution in [-0.2, 0) is 16.0 Å². The molecule has 0 aliphatic rings. The first-order valence-corrected chi connectivity index (χ1v) is 13.5. The fourth-order valence-electron chi connectivity index (χ4n) is 4.36.